The van der Waals surface area contributed by atoms with E-state index in [9.17, 15) is 19.1 Å². The number of carbonyl (C=O) groups is 2. The molecule has 1 saturated heterocycles. The molecule has 3 heterocycles. The van der Waals surface area contributed by atoms with Crippen molar-refractivity contribution < 1.29 is 23.8 Å². The van der Waals surface area contributed by atoms with Crippen molar-refractivity contribution in [2.45, 2.75) is 57.7 Å². The second-order valence-electron chi connectivity index (χ2n) is 11.1. The first-order valence-electron chi connectivity index (χ1n) is 12.5. The summed E-state index contributed by atoms with van der Waals surface area (Å²) in [6, 6.07) is 8.65. The number of imide groups is 1. The normalized spacial score (nSPS) is 21.5. The van der Waals surface area contributed by atoms with Crippen LogP contribution < -0.4 is 10.1 Å². The molecule has 2 aliphatic heterocycles. The minimum atomic E-state index is -1.14. The maximum Gasteiger partial charge on any atom is 0.328 e. The van der Waals surface area contributed by atoms with Gasteiger partial charge in [0.15, 0.2) is 11.6 Å². The van der Waals surface area contributed by atoms with Crippen LogP contribution >= 0.6 is 0 Å². The van der Waals surface area contributed by atoms with E-state index < -0.39 is 17.4 Å². The average molecular weight is 509 g/mol. The number of nitrogens with one attached hydrogen (secondary N) is 2. The van der Waals surface area contributed by atoms with E-state index in [1.807, 2.05) is 6.07 Å². The molecule has 3 N–H and O–H groups in total. The molecule has 3 aromatic rings. The maximum absolute atomic E-state index is 14.6. The molecule has 0 aliphatic carbocycles. The van der Waals surface area contributed by atoms with E-state index in [4.69, 9.17) is 4.74 Å². The van der Waals surface area contributed by atoms with Gasteiger partial charge in [0.25, 0.3) is 5.91 Å². The molecule has 0 spiro atoms. The van der Waals surface area contributed by atoms with E-state index in [1.54, 1.807) is 36.1 Å². The van der Waals surface area contributed by atoms with E-state index >= 15 is 0 Å². The van der Waals surface area contributed by atoms with Gasteiger partial charge in [-0.05, 0) is 70.0 Å². The van der Waals surface area contributed by atoms with Crippen molar-refractivity contribution in [3.63, 3.8) is 0 Å². The van der Waals surface area contributed by atoms with Crippen LogP contribution in [0.25, 0.3) is 10.9 Å². The maximum atomic E-state index is 14.6. The highest BCUT2D eigenvalue weighted by Crippen LogP contribution is 2.49. The van der Waals surface area contributed by atoms with Gasteiger partial charge in [-0.15, -0.1) is 0 Å². The van der Waals surface area contributed by atoms with Gasteiger partial charge in [0.2, 0.25) is 0 Å². The molecular weight excluding hydrogens is 475 g/mol. The Morgan fingerprint density at radius 3 is 2.68 bits per heavy atom. The van der Waals surface area contributed by atoms with Crippen molar-refractivity contribution in [3.05, 3.63) is 59.0 Å². The van der Waals surface area contributed by atoms with Gasteiger partial charge in [0.05, 0.1) is 7.11 Å². The molecule has 3 amide bonds. The Kier molecular flexibility index (Phi) is 5.94. The van der Waals surface area contributed by atoms with Gasteiger partial charge >= 0.3 is 6.03 Å². The third-order valence-corrected chi connectivity index (χ3v) is 7.34. The van der Waals surface area contributed by atoms with Gasteiger partial charge in [0, 0.05) is 41.2 Å². The predicted octanol–water partition coefficient (Wildman–Crippen LogP) is 4.47. The lowest BCUT2D eigenvalue weighted by atomic mass is 9.81. The second kappa shape index (κ2) is 8.76. The number of phenols is 1. The Hall–Kier alpha value is -3.59. The molecule has 0 bridgehead atoms. The number of aromatic hydroxyl groups is 1. The first-order chi connectivity index (χ1) is 17.4. The van der Waals surface area contributed by atoms with Gasteiger partial charge in [-0.25, -0.2) is 9.18 Å². The van der Waals surface area contributed by atoms with Gasteiger partial charge < -0.3 is 20.1 Å². The number of fused-ring (bicyclic) bond motifs is 4. The fourth-order valence-corrected chi connectivity index (χ4v) is 5.61. The summed E-state index contributed by atoms with van der Waals surface area (Å²) in [6.07, 6.45) is 0.897. The fraction of sp³-hybridized carbons (Fsp3) is 0.429. The number of rotatable bonds is 6. The number of urea groups is 1. The molecule has 2 aliphatic rings. The number of carbonyl (C=O) groups excluding carboxylic acids is 2. The van der Waals surface area contributed by atoms with Crippen LogP contribution in [0.3, 0.4) is 0 Å². The Morgan fingerprint density at radius 1 is 1.24 bits per heavy atom. The Morgan fingerprint density at radius 2 is 2.00 bits per heavy atom. The van der Waals surface area contributed by atoms with E-state index in [1.165, 1.54) is 18.1 Å². The summed E-state index contributed by atoms with van der Waals surface area (Å²) in [5, 5.41) is 14.4. The highest BCUT2D eigenvalue weighted by Gasteiger charge is 2.60. The molecule has 1 fully saturated rings. The fourth-order valence-electron chi connectivity index (χ4n) is 5.61. The summed E-state index contributed by atoms with van der Waals surface area (Å²) < 4.78 is 19.8. The quantitative estimate of drug-likeness (QED) is 0.337. The Labute approximate surface area is 215 Å². The van der Waals surface area contributed by atoms with Crippen LogP contribution in [0.15, 0.2) is 36.4 Å². The summed E-state index contributed by atoms with van der Waals surface area (Å²) in [6.45, 7) is 8.96. The monoisotopic (exact) mass is 508 g/mol. The molecular formula is C28H33FN4O4. The van der Waals surface area contributed by atoms with Gasteiger partial charge in [-0.2, -0.15) is 0 Å². The standard InChI is InChI=1S/C28H33FN4O4/c1-27(2,3)30-10-7-11-32-25(35)28(4)15-19-18-13-22(37-5)20(29)14-21(18)31-23(19)24(33(28)26(32)36)16-8-6-9-17(34)12-16/h6,8-9,12-14,24,30-31,34H,7,10-11,15H2,1-5H3. The molecule has 8 nitrogen and oxygen atoms in total. The number of H-pyrrole nitrogens is 1. The summed E-state index contributed by atoms with van der Waals surface area (Å²) in [7, 11) is 1.41. The van der Waals surface area contributed by atoms with E-state index in [2.05, 4.69) is 31.1 Å². The van der Waals surface area contributed by atoms with Gasteiger partial charge in [-0.1, -0.05) is 12.1 Å². The number of benzene rings is 2. The molecule has 9 heteroatoms. The third kappa shape index (κ3) is 4.11. The van der Waals surface area contributed by atoms with E-state index in [-0.39, 0.29) is 35.4 Å². The van der Waals surface area contributed by atoms with Crippen molar-refractivity contribution in [3.8, 4) is 11.5 Å². The van der Waals surface area contributed by atoms with Gasteiger partial charge in [0.1, 0.15) is 17.3 Å². The van der Waals surface area contributed by atoms with E-state index in [0.29, 0.717) is 36.3 Å². The lowest BCUT2D eigenvalue weighted by molar-refractivity contribution is -0.133. The number of aromatic amines is 1. The topological polar surface area (TPSA) is 97.9 Å². The second-order valence-corrected chi connectivity index (χ2v) is 11.1. The van der Waals surface area contributed by atoms with Crippen LogP contribution in [-0.4, -0.2) is 63.1 Å². The number of aromatic nitrogens is 1. The van der Waals surface area contributed by atoms with Crippen LogP contribution in [0, 0.1) is 5.82 Å². The first-order valence-corrected chi connectivity index (χ1v) is 12.5. The molecule has 2 atom stereocenters. The molecule has 5 rings (SSSR count). The SMILES string of the molecule is COc1cc2c3c([nH]c2cc1F)C(c1cccc(O)c1)N1C(=O)N(CCCNC(C)(C)C)C(=O)C1(C)C3. The Bertz CT molecular complexity index is 1390. The van der Waals surface area contributed by atoms with Crippen molar-refractivity contribution in [1.29, 1.82) is 0 Å². The first kappa shape index (κ1) is 25.1. The van der Waals surface area contributed by atoms with Crippen LogP contribution in [0.5, 0.6) is 11.5 Å². The number of amides is 3. The summed E-state index contributed by atoms with van der Waals surface area (Å²) in [5.74, 6) is -0.597. The van der Waals surface area contributed by atoms with Crippen molar-refractivity contribution in [2.24, 2.45) is 0 Å². The number of nitrogens with zero attached hydrogens (tertiary/aromatic N) is 2. The summed E-state index contributed by atoms with van der Waals surface area (Å²) >= 11 is 0. The van der Waals surface area contributed by atoms with Crippen LogP contribution in [-0.2, 0) is 11.2 Å². The lowest BCUT2D eigenvalue weighted by Gasteiger charge is -2.42. The molecule has 0 saturated carbocycles. The summed E-state index contributed by atoms with van der Waals surface area (Å²) in [5.41, 5.74) is 1.54. The smallest absolute Gasteiger partial charge is 0.328 e. The van der Waals surface area contributed by atoms with Gasteiger partial charge in [-0.3, -0.25) is 14.6 Å². The molecule has 1 aromatic heterocycles. The minimum Gasteiger partial charge on any atom is -0.508 e. The number of hydrogen-bond acceptors (Lipinski definition) is 5. The highest BCUT2D eigenvalue weighted by molar-refractivity contribution is 6.08. The van der Waals surface area contributed by atoms with Crippen LogP contribution in [0.1, 0.15) is 57.0 Å². The zero-order valence-electron chi connectivity index (χ0n) is 21.8. The lowest BCUT2D eigenvalue weighted by Crippen LogP contribution is -2.53. The number of ether oxygens (including phenoxy) is 1. The largest absolute Gasteiger partial charge is 0.508 e. The number of hydrogen-bond donors (Lipinski definition) is 3. The van der Waals surface area contributed by atoms with Crippen LogP contribution in [0.2, 0.25) is 0 Å². The van der Waals surface area contributed by atoms with Crippen LogP contribution in [0.4, 0.5) is 9.18 Å². The molecule has 2 unspecified atom stereocenters. The minimum absolute atomic E-state index is 0.0539. The molecule has 0 radical (unpaired) electrons. The highest BCUT2D eigenvalue weighted by atomic mass is 19.1. The van der Waals surface area contributed by atoms with E-state index in [0.717, 1.165) is 10.9 Å². The van der Waals surface area contributed by atoms with Crippen molar-refractivity contribution in [2.75, 3.05) is 20.2 Å². The third-order valence-electron chi connectivity index (χ3n) is 7.34. The van der Waals surface area contributed by atoms with Crippen molar-refractivity contribution in [1.82, 2.24) is 20.1 Å². The molecule has 2 aromatic carbocycles. The zero-order valence-corrected chi connectivity index (χ0v) is 21.8. The average Bonchev–Trinajstić information content (AvgIpc) is 3.25. The Balaban J connectivity index is 1.60. The number of methoxy groups -OCH3 is 1. The number of phenolic OH excluding ortho intramolecular Hbond substituents is 1. The molecule has 37 heavy (non-hydrogen) atoms. The van der Waals surface area contributed by atoms with Crippen molar-refractivity contribution >= 4 is 22.8 Å². The summed E-state index contributed by atoms with van der Waals surface area (Å²) in [4.78, 5) is 34.0. The number of halogens is 1. The predicted molar refractivity (Wildman–Crippen MR) is 138 cm³/mol. The molecule has 196 valence electrons. The zero-order chi connectivity index (χ0) is 26.7.